The van der Waals surface area contributed by atoms with Gasteiger partial charge in [-0.3, -0.25) is 9.89 Å². The zero-order valence-electron chi connectivity index (χ0n) is 14.4. The zero-order chi connectivity index (χ0) is 17.9. The van der Waals surface area contributed by atoms with E-state index in [9.17, 15) is 9.18 Å². The number of carbonyl (C=O) groups is 1. The summed E-state index contributed by atoms with van der Waals surface area (Å²) < 4.78 is 13.7. The number of H-pyrrole nitrogens is 1. The van der Waals surface area contributed by atoms with Crippen LogP contribution in [0.2, 0.25) is 0 Å². The molecule has 1 fully saturated rings. The first-order valence-electron chi connectivity index (χ1n) is 8.88. The highest BCUT2D eigenvalue weighted by molar-refractivity contribution is 5.77. The topological polar surface area (TPSA) is 74.8 Å². The Morgan fingerprint density at radius 1 is 1.27 bits per heavy atom. The first kappa shape index (κ1) is 16.6. The molecule has 4 rings (SSSR count). The molecule has 1 N–H and O–H groups in total. The summed E-state index contributed by atoms with van der Waals surface area (Å²) in [4.78, 5) is 23.1. The number of benzene rings is 1. The molecule has 1 unspecified atom stereocenters. The van der Waals surface area contributed by atoms with Crippen molar-refractivity contribution in [2.75, 3.05) is 13.1 Å². The molecule has 3 aromatic rings. The monoisotopic (exact) mass is 353 g/mol. The Hall–Kier alpha value is -2.83. The molecule has 26 heavy (non-hydrogen) atoms. The minimum Gasteiger partial charge on any atom is -0.342 e. The van der Waals surface area contributed by atoms with E-state index in [0.717, 1.165) is 30.6 Å². The van der Waals surface area contributed by atoms with Crippen LogP contribution in [0, 0.1) is 5.82 Å². The van der Waals surface area contributed by atoms with Crippen molar-refractivity contribution in [3.63, 3.8) is 0 Å². The van der Waals surface area contributed by atoms with Crippen molar-refractivity contribution in [1.29, 1.82) is 0 Å². The van der Waals surface area contributed by atoms with Gasteiger partial charge in [-0.2, -0.15) is 5.10 Å². The Morgan fingerprint density at radius 2 is 2.12 bits per heavy atom. The molecule has 6 nitrogen and oxygen atoms in total. The van der Waals surface area contributed by atoms with Crippen LogP contribution in [0.15, 0.2) is 36.7 Å². The second-order valence-corrected chi connectivity index (χ2v) is 6.64. The van der Waals surface area contributed by atoms with Gasteiger partial charge >= 0.3 is 0 Å². The summed E-state index contributed by atoms with van der Waals surface area (Å²) in [5, 5.41) is 7.25. The van der Waals surface area contributed by atoms with E-state index >= 15 is 0 Å². The van der Waals surface area contributed by atoms with E-state index in [2.05, 4.69) is 20.2 Å². The van der Waals surface area contributed by atoms with Gasteiger partial charge in [-0.15, -0.1) is 0 Å². The molecule has 134 valence electrons. The standard InChI is InChI=1S/C19H20FN5O/c20-15-6-2-1-4-13(15)7-8-16(26)25-11-3-5-14(12-25)17-18-19(24-23-17)22-10-9-21-18/h1-2,4,6,9-10,14H,3,5,7-8,11-12H2,(H,22,23,24). The molecule has 0 aliphatic carbocycles. The fourth-order valence-corrected chi connectivity index (χ4v) is 3.59. The molecule has 1 saturated heterocycles. The Labute approximate surface area is 150 Å². The number of likely N-dealkylation sites (tertiary alicyclic amines) is 1. The van der Waals surface area contributed by atoms with E-state index in [0.29, 0.717) is 30.6 Å². The predicted octanol–water partition coefficient (Wildman–Crippen LogP) is 2.83. The minimum absolute atomic E-state index is 0.0628. The van der Waals surface area contributed by atoms with Crippen LogP contribution in [0.4, 0.5) is 4.39 Å². The normalized spacial score (nSPS) is 17.6. The summed E-state index contributed by atoms with van der Waals surface area (Å²) in [6, 6.07) is 6.62. The van der Waals surface area contributed by atoms with Crippen molar-refractivity contribution in [2.45, 2.75) is 31.6 Å². The third kappa shape index (κ3) is 3.29. The number of fused-ring (bicyclic) bond motifs is 1. The quantitative estimate of drug-likeness (QED) is 0.783. The smallest absolute Gasteiger partial charge is 0.222 e. The summed E-state index contributed by atoms with van der Waals surface area (Å²) in [5.41, 5.74) is 2.91. The van der Waals surface area contributed by atoms with Crippen molar-refractivity contribution >= 4 is 17.1 Å². The van der Waals surface area contributed by atoms with Crippen molar-refractivity contribution in [2.24, 2.45) is 0 Å². The lowest BCUT2D eigenvalue weighted by Crippen LogP contribution is -2.39. The molecule has 0 radical (unpaired) electrons. The van der Waals surface area contributed by atoms with Gasteiger partial charge in [0.15, 0.2) is 5.65 Å². The van der Waals surface area contributed by atoms with Crippen LogP contribution >= 0.6 is 0 Å². The third-order valence-corrected chi connectivity index (χ3v) is 4.96. The number of rotatable bonds is 4. The SMILES string of the molecule is O=C(CCc1ccccc1F)N1CCCC(c2[nH]nc3nccnc23)C1. The summed E-state index contributed by atoms with van der Waals surface area (Å²) in [5.74, 6) is -0.0185. The van der Waals surface area contributed by atoms with Gasteiger partial charge in [0.25, 0.3) is 0 Å². The first-order chi connectivity index (χ1) is 12.7. The Balaban J connectivity index is 1.43. The van der Waals surface area contributed by atoms with E-state index in [4.69, 9.17) is 0 Å². The molecule has 3 heterocycles. The van der Waals surface area contributed by atoms with Crippen LogP contribution in [0.5, 0.6) is 0 Å². The summed E-state index contributed by atoms with van der Waals surface area (Å²) in [6.45, 7) is 1.37. The summed E-state index contributed by atoms with van der Waals surface area (Å²) in [6.07, 6.45) is 5.91. The van der Waals surface area contributed by atoms with Gasteiger partial charge in [-0.1, -0.05) is 18.2 Å². The second-order valence-electron chi connectivity index (χ2n) is 6.64. The number of aryl methyl sites for hydroxylation is 1. The number of nitrogens with one attached hydrogen (secondary N) is 1. The van der Waals surface area contributed by atoms with Crippen LogP contribution in [-0.4, -0.2) is 44.1 Å². The largest absolute Gasteiger partial charge is 0.342 e. The van der Waals surface area contributed by atoms with Gasteiger partial charge in [0.1, 0.15) is 11.3 Å². The van der Waals surface area contributed by atoms with Crippen molar-refractivity contribution < 1.29 is 9.18 Å². The fourth-order valence-electron chi connectivity index (χ4n) is 3.59. The van der Waals surface area contributed by atoms with Crippen LogP contribution in [0.25, 0.3) is 11.2 Å². The van der Waals surface area contributed by atoms with Crippen molar-refractivity contribution in [3.8, 4) is 0 Å². The molecular formula is C19H20FN5O. The predicted molar refractivity (Wildman–Crippen MR) is 95.0 cm³/mol. The zero-order valence-corrected chi connectivity index (χ0v) is 14.4. The maximum atomic E-state index is 13.7. The maximum Gasteiger partial charge on any atom is 0.222 e. The lowest BCUT2D eigenvalue weighted by molar-refractivity contribution is -0.132. The Bertz CT molecular complexity index is 925. The average Bonchev–Trinajstić information content (AvgIpc) is 3.11. The van der Waals surface area contributed by atoms with Gasteiger partial charge < -0.3 is 4.90 Å². The lowest BCUT2D eigenvalue weighted by atomic mass is 9.94. The fraction of sp³-hybridized carbons (Fsp3) is 0.368. The van der Waals surface area contributed by atoms with E-state index < -0.39 is 0 Å². The number of hydrogen-bond acceptors (Lipinski definition) is 4. The van der Waals surface area contributed by atoms with E-state index in [-0.39, 0.29) is 17.6 Å². The molecule has 0 saturated carbocycles. The molecule has 1 atom stereocenters. The number of carbonyl (C=O) groups excluding carboxylic acids is 1. The van der Waals surface area contributed by atoms with Gasteiger partial charge in [0.2, 0.25) is 5.91 Å². The number of aromatic amines is 1. The molecular weight excluding hydrogens is 333 g/mol. The molecule has 1 aliphatic rings. The number of hydrogen-bond donors (Lipinski definition) is 1. The van der Waals surface area contributed by atoms with Crippen molar-refractivity contribution in [3.05, 3.63) is 53.7 Å². The Kier molecular flexibility index (Phi) is 4.60. The third-order valence-electron chi connectivity index (χ3n) is 4.96. The second kappa shape index (κ2) is 7.19. The molecule has 0 bridgehead atoms. The van der Waals surface area contributed by atoms with E-state index in [1.807, 2.05) is 4.90 Å². The Morgan fingerprint density at radius 3 is 3.00 bits per heavy atom. The molecule has 1 aromatic carbocycles. The molecule has 0 spiro atoms. The van der Waals surface area contributed by atoms with Crippen LogP contribution in [0.3, 0.4) is 0 Å². The number of piperidine rings is 1. The number of nitrogens with zero attached hydrogens (tertiary/aromatic N) is 4. The highest BCUT2D eigenvalue weighted by Crippen LogP contribution is 2.29. The highest BCUT2D eigenvalue weighted by Gasteiger charge is 2.27. The summed E-state index contributed by atoms with van der Waals surface area (Å²) >= 11 is 0. The average molecular weight is 353 g/mol. The van der Waals surface area contributed by atoms with Gasteiger partial charge in [0, 0.05) is 37.8 Å². The molecule has 7 heteroatoms. The molecule has 1 amide bonds. The number of aromatic nitrogens is 4. The van der Waals surface area contributed by atoms with E-state index in [1.165, 1.54) is 6.07 Å². The van der Waals surface area contributed by atoms with Gasteiger partial charge in [-0.25, -0.2) is 14.4 Å². The van der Waals surface area contributed by atoms with Crippen molar-refractivity contribution in [1.82, 2.24) is 25.1 Å². The van der Waals surface area contributed by atoms with E-state index in [1.54, 1.807) is 30.6 Å². The lowest BCUT2D eigenvalue weighted by Gasteiger charge is -2.32. The summed E-state index contributed by atoms with van der Waals surface area (Å²) in [7, 11) is 0. The van der Waals surface area contributed by atoms with Crippen LogP contribution in [-0.2, 0) is 11.2 Å². The van der Waals surface area contributed by atoms with Crippen LogP contribution in [0.1, 0.15) is 36.4 Å². The highest BCUT2D eigenvalue weighted by atomic mass is 19.1. The molecule has 2 aromatic heterocycles. The van der Waals surface area contributed by atoms with Crippen LogP contribution < -0.4 is 0 Å². The first-order valence-corrected chi connectivity index (χ1v) is 8.88. The van der Waals surface area contributed by atoms with Gasteiger partial charge in [-0.05, 0) is 30.9 Å². The van der Waals surface area contributed by atoms with Gasteiger partial charge in [0.05, 0.1) is 5.69 Å². The number of halogens is 1. The maximum absolute atomic E-state index is 13.7. The minimum atomic E-state index is -0.251. The number of amides is 1. The molecule has 1 aliphatic heterocycles.